The van der Waals surface area contributed by atoms with Crippen LogP contribution in [-0.2, 0) is 20.8 Å². The zero-order valence-corrected chi connectivity index (χ0v) is 11.5. The highest BCUT2D eigenvalue weighted by atomic mass is 16.6. The molecule has 1 aromatic heterocycles. The van der Waals surface area contributed by atoms with Gasteiger partial charge in [0.15, 0.2) is 0 Å². The number of nitro groups is 1. The first-order valence-corrected chi connectivity index (χ1v) is 6.08. The van der Waals surface area contributed by atoms with E-state index in [2.05, 4.69) is 4.74 Å². The Morgan fingerprint density at radius 2 is 2.15 bits per heavy atom. The van der Waals surface area contributed by atoms with E-state index in [9.17, 15) is 14.9 Å². The fourth-order valence-electron chi connectivity index (χ4n) is 1.61. The molecule has 0 aliphatic heterocycles. The maximum Gasteiger partial charge on any atom is 0.433 e. The largest absolute Gasteiger partial charge is 0.469 e. The van der Waals surface area contributed by atoms with Gasteiger partial charge in [0.2, 0.25) is 0 Å². The van der Waals surface area contributed by atoms with E-state index in [0.717, 1.165) is 0 Å². The second kappa shape index (κ2) is 8.28. The van der Waals surface area contributed by atoms with Crippen LogP contribution in [0, 0.1) is 10.1 Å². The summed E-state index contributed by atoms with van der Waals surface area (Å²) in [6.07, 6.45) is 0.239. The molecule has 1 rings (SSSR count). The molecular formula is C12H18N2O6. The summed E-state index contributed by atoms with van der Waals surface area (Å²) in [6, 6.07) is 2.86. The van der Waals surface area contributed by atoms with Gasteiger partial charge in [0, 0.05) is 20.2 Å². The molecule has 8 heteroatoms. The van der Waals surface area contributed by atoms with Crippen molar-refractivity contribution in [2.75, 3.05) is 33.9 Å². The number of carbonyl (C=O) groups excluding carboxylic acids is 1. The number of esters is 1. The van der Waals surface area contributed by atoms with E-state index in [-0.39, 0.29) is 18.3 Å². The third-order valence-electron chi connectivity index (χ3n) is 2.68. The zero-order chi connectivity index (χ0) is 15.0. The Morgan fingerprint density at radius 3 is 2.70 bits per heavy atom. The number of nitrogens with zero attached hydrogens (tertiary/aromatic N) is 2. The Balaban J connectivity index is 2.57. The van der Waals surface area contributed by atoms with Gasteiger partial charge in [-0.05, 0) is 6.07 Å². The number of ether oxygens (including phenoxy) is 2. The summed E-state index contributed by atoms with van der Waals surface area (Å²) < 4.78 is 14.7. The molecular weight excluding hydrogens is 268 g/mol. The van der Waals surface area contributed by atoms with E-state index in [1.165, 1.54) is 13.2 Å². The fraction of sp³-hybridized carbons (Fsp3) is 0.583. The molecule has 0 N–H and O–H groups in total. The lowest BCUT2D eigenvalue weighted by molar-refractivity contribution is -0.402. The summed E-state index contributed by atoms with van der Waals surface area (Å²) in [6.45, 7) is 1.91. The average molecular weight is 286 g/mol. The highest BCUT2D eigenvalue weighted by molar-refractivity contribution is 5.69. The van der Waals surface area contributed by atoms with Crippen molar-refractivity contribution < 1.29 is 23.6 Å². The molecule has 0 spiro atoms. The van der Waals surface area contributed by atoms with Gasteiger partial charge in [0.25, 0.3) is 0 Å². The lowest BCUT2D eigenvalue weighted by Crippen LogP contribution is -2.29. The summed E-state index contributed by atoms with van der Waals surface area (Å²) in [5, 5.41) is 10.5. The van der Waals surface area contributed by atoms with Gasteiger partial charge in [-0.25, -0.2) is 0 Å². The molecule has 0 amide bonds. The highest BCUT2D eigenvalue weighted by Crippen LogP contribution is 2.17. The molecule has 0 aliphatic rings. The van der Waals surface area contributed by atoms with Gasteiger partial charge >= 0.3 is 11.9 Å². The molecule has 0 saturated carbocycles. The number of rotatable bonds is 9. The van der Waals surface area contributed by atoms with Crippen molar-refractivity contribution in [2.45, 2.75) is 13.0 Å². The van der Waals surface area contributed by atoms with Crippen LogP contribution in [0.2, 0.25) is 0 Å². The van der Waals surface area contributed by atoms with Crippen LogP contribution >= 0.6 is 0 Å². The second-order valence-electron chi connectivity index (χ2n) is 4.09. The number of furan rings is 1. The van der Waals surface area contributed by atoms with E-state index in [1.807, 2.05) is 4.90 Å². The van der Waals surface area contributed by atoms with Crippen molar-refractivity contribution in [3.05, 3.63) is 28.0 Å². The number of hydrogen-bond acceptors (Lipinski definition) is 7. The molecule has 0 unspecified atom stereocenters. The van der Waals surface area contributed by atoms with Crippen LogP contribution < -0.4 is 0 Å². The number of carbonyl (C=O) groups is 1. The van der Waals surface area contributed by atoms with Crippen LogP contribution in [0.4, 0.5) is 5.88 Å². The number of methoxy groups -OCH3 is 2. The minimum Gasteiger partial charge on any atom is -0.469 e. The average Bonchev–Trinajstić information content (AvgIpc) is 2.90. The number of hydrogen-bond donors (Lipinski definition) is 0. The summed E-state index contributed by atoms with van der Waals surface area (Å²) in [5.74, 6) is -0.129. The van der Waals surface area contributed by atoms with Gasteiger partial charge in [-0.3, -0.25) is 19.8 Å². The summed E-state index contributed by atoms with van der Waals surface area (Å²) in [5.41, 5.74) is 0. The first-order valence-electron chi connectivity index (χ1n) is 6.08. The summed E-state index contributed by atoms with van der Waals surface area (Å²) in [4.78, 5) is 23.0. The van der Waals surface area contributed by atoms with Crippen LogP contribution in [-0.4, -0.2) is 49.7 Å². The van der Waals surface area contributed by atoms with Crippen LogP contribution in [0.25, 0.3) is 0 Å². The Kier molecular flexibility index (Phi) is 6.68. The van der Waals surface area contributed by atoms with Crippen LogP contribution in [0.5, 0.6) is 0 Å². The van der Waals surface area contributed by atoms with Crippen molar-refractivity contribution in [3.63, 3.8) is 0 Å². The molecule has 0 radical (unpaired) electrons. The van der Waals surface area contributed by atoms with E-state index >= 15 is 0 Å². The lowest BCUT2D eigenvalue weighted by Gasteiger charge is -2.19. The highest BCUT2D eigenvalue weighted by Gasteiger charge is 2.15. The lowest BCUT2D eigenvalue weighted by atomic mass is 10.3. The molecule has 0 fully saturated rings. The summed E-state index contributed by atoms with van der Waals surface area (Å²) >= 11 is 0. The minimum absolute atomic E-state index is 0.239. The smallest absolute Gasteiger partial charge is 0.433 e. The van der Waals surface area contributed by atoms with Gasteiger partial charge < -0.3 is 13.9 Å². The quantitative estimate of drug-likeness (QED) is 0.382. The third-order valence-corrected chi connectivity index (χ3v) is 2.68. The SMILES string of the molecule is COCCN(CCC(=O)OC)Cc1ccc([N+](=O)[O-])o1. The molecule has 112 valence electrons. The predicted molar refractivity (Wildman–Crippen MR) is 69.1 cm³/mol. The molecule has 0 aliphatic carbocycles. The predicted octanol–water partition coefficient (Wildman–Crippen LogP) is 1.20. The third kappa shape index (κ3) is 5.37. The molecule has 0 bridgehead atoms. The maximum atomic E-state index is 11.1. The van der Waals surface area contributed by atoms with Crippen LogP contribution in [0.15, 0.2) is 16.5 Å². The molecule has 20 heavy (non-hydrogen) atoms. The second-order valence-corrected chi connectivity index (χ2v) is 4.09. The van der Waals surface area contributed by atoms with Gasteiger partial charge in [-0.1, -0.05) is 0 Å². The summed E-state index contributed by atoms with van der Waals surface area (Å²) in [7, 11) is 2.91. The molecule has 0 atom stereocenters. The molecule has 1 heterocycles. The Bertz CT molecular complexity index is 445. The van der Waals surface area contributed by atoms with Gasteiger partial charge in [0.1, 0.15) is 10.7 Å². The fourth-order valence-corrected chi connectivity index (χ4v) is 1.61. The van der Waals surface area contributed by atoms with Crippen molar-refractivity contribution >= 4 is 11.9 Å². The Labute approximate surface area is 116 Å². The van der Waals surface area contributed by atoms with E-state index in [1.54, 1.807) is 13.2 Å². The molecule has 0 saturated heterocycles. The van der Waals surface area contributed by atoms with Gasteiger partial charge in [-0.15, -0.1) is 0 Å². The maximum absolute atomic E-state index is 11.1. The Morgan fingerprint density at radius 1 is 1.40 bits per heavy atom. The molecule has 8 nitrogen and oxygen atoms in total. The van der Waals surface area contributed by atoms with Crippen molar-refractivity contribution in [1.82, 2.24) is 4.90 Å². The van der Waals surface area contributed by atoms with E-state index in [4.69, 9.17) is 9.15 Å². The van der Waals surface area contributed by atoms with Crippen LogP contribution in [0.1, 0.15) is 12.2 Å². The first kappa shape index (κ1) is 16.1. The van der Waals surface area contributed by atoms with E-state index in [0.29, 0.717) is 32.0 Å². The van der Waals surface area contributed by atoms with Gasteiger partial charge in [0.05, 0.1) is 32.7 Å². The Hall–Kier alpha value is -1.93. The monoisotopic (exact) mass is 286 g/mol. The molecule has 0 aromatic carbocycles. The topological polar surface area (TPSA) is 95.0 Å². The standard InChI is InChI=1S/C12H18N2O6/c1-18-8-7-13(6-5-12(15)19-2)9-10-3-4-11(20-10)14(16)17/h3-4H,5-9H2,1-2H3. The van der Waals surface area contributed by atoms with E-state index < -0.39 is 4.92 Å². The zero-order valence-electron chi connectivity index (χ0n) is 11.5. The molecule has 1 aromatic rings. The van der Waals surface area contributed by atoms with Crippen LogP contribution in [0.3, 0.4) is 0 Å². The van der Waals surface area contributed by atoms with Crippen molar-refractivity contribution in [2.24, 2.45) is 0 Å². The van der Waals surface area contributed by atoms with Crippen molar-refractivity contribution in [1.29, 1.82) is 0 Å². The normalized spacial score (nSPS) is 10.8. The first-order chi connectivity index (χ1) is 9.56. The van der Waals surface area contributed by atoms with Crippen molar-refractivity contribution in [3.8, 4) is 0 Å². The minimum atomic E-state index is -0.586. The van der Waals surface area contributed by atoms with Gasteiger partial charge in [-0.2, -0.15) is 0 Å².